The van der Waals surface area contributed by atoms with Crippen LogP contribution in [0.2, 0.25) is 0 Å². The number of fused-ring (bicyclic) bond motifs is 1. The topological polar surface area (TPSA) is 50.5 Å². The molecule has 1 saturated heterocycles. The number of hydrogen-bond donors (Lipinski definition) is 1. The van der Waals surface area contributed by atoms with Gasteiger partial charge in [0.05, 0.1) is 37.4 Å². The van der Waals surface area contributed by atoms with Gasteiger partial charge in [-0.15, -0.1) is 0 Å². The summed E-state index contributed by atoms with van der Waals surface area (Å²) < 4.78 is 0. The molecule has 1 N–H and O–H groups in total. The van der Waals surface area contributed by atoms with Gasteiger partial charge in [0.15, 0.2) is 5.78 Å². The number of Topliss-reactive ketones (excluding diaryl/α,β-unsaturated/α-hetero) is 1. The number of aryl methyl sites for hydroxylation is 1. The minimum absolute atomic E-state index is 0.186. The van der Waals surface area contributed by atoms with Gasteiger partial charge in [0, 0.05) is 23.7 Å². The summed E-state index contributed by atoms with van der Waals surface area (Å²) in [7, 11) is 0. The lowest BCUT2D eigenvalue weighted by Crippen LogP contribution is -3.15. The van der Waals surface area contributed by atoms with E-state index in [2.05, 4.69) is 70.5 Å². The summed E-state index contributed by atoms with van der Waals surface area (Å²) in [4.78, 5) is 25.2. The van der Waals surface area contributed by atoms with Crippen LogP contribution >= 0.6 is 0 Å². The smallest absolute Gasteiger partial charge is 0.225 e. The van der Waals surface area contributed by atoms with Gasteiger partial charge >= 0.3 is 0 Å². The molecule has 0 radical (unpaired) electrons. The molecule has 5 nitrogen and oxygen atoms in total. The van der Waals surface area contributed by atoms with E-state index in [4.69, 9.17) is 4.98 Å². The van der Waals surface area contributed by atoms with Gasteiger partial charge in [-0.25, -0.2) is 9.97 Å². The summed E-state index contributed by atoms with van der Waals surface area (Å²) in [5.74, 6) is 0.962. The molecule has 0 atom stereocenters. The number of quaternary nitrogens is 1. The third kappa shape index (κ3) is 3.73. The van der Waals surface area contributed by atoms with Gasteiger partial charge in [-0.1, -0.05) is 60.7 Å². The number of nitrogens with one attached hydrogen (secondary N) is 1. The van der Waals surface area contributed by atoms with Crippen LogP contribution in [-0.4, -0.2) is 41.9 Å². The van der Waals surface area contributed by atoms with Crippen molar-refractivity contribution in [1.82, 2.24) is 9.97 Å². The van der Waals surface area contributed by atoms with Crippen LogP contribution < -0.4 is 9.80 Å². The molecule has 2 heterocycles. The fourth-order valence-electron chi connectivity index (χ4n) is 4.77. The standard InChI is InChI=1S/C25H26N4O/c30-23-13-7-12-22-21(23)18-26-25(27-22)29-16-14-28(15-17-29)24(19-8-3-1-4-9-19)20-10-5-2-6-11-20/h1-6,8-11,18,24H,7,12-17H2/p+1. The number of rotatable bonds is 4. The van der Waals surface area contributed by atoms with Crippen molar-refractivity contribution in [3.8, 4) is 0 Å². The molecule has 1 aromatic heterocycles. The highest BCUT2D eigenvalue weighted by molar-refractivity contribution is 5.97. The van der Waals surface area contributed by atoms with Crippen molar-refractivity contribution in [2.75, 3.05) is 31.1 Å². The van der Waals surface area contributed by atoms with Gasteiger partial charge in [0.1, 0.15) is 6.04 Å². The summed E-state index contributed by atoms with van der Waals surface area (Å²) >= 11 is 0. The van der Waals surface area contributed by atoms with E-state index in [0.29, 0.717) is 12.5 Å². The lowest BCUT2D eigenvalue weighted by Gasteiger charge is -2.37. The minimum Gasteiger partial charge on any atom is -0.330 e. The lowest BCUT2D eigenvalue weighted by atomic mass is 9.96. The fourth-order valence-corrected chi connectivity index (χ4v) is 4.77. The molecule has 1 aliphatic carbocycles. The van der Waals surface area contributed by atoms with Gasteiger partial charge in [0.2, 0.25) is 5.95 Å². The highest BCUT2D eigenvalue weighted by Gasteiger charge is 2.31. The molecular weight excluding hydrogens is 372 g/mol. The molecule has 1 aliphatic heterocycles. The normalized spacial score (nSPS) is 17.2. The number of hydrogen-bond acceptors (Lipinski definition) is 4. The van der Waals surface area contributed by atoms with E-state index in [9.17, 15) is 4.79 Å². The number of benzene rings is 2. The van der Waals surface area contributed by atoms with E-state index >= 15 is 0 Å². The van der Waals surface area contributed by atoms with Crippen molar-refractivity contribution in [1.29, 1.82) is 0 Å². The summed E-state index contributed by atoms with van der Waals surface area (Å²) in [6.07, 6.45) is 4.15. The molecule has 2 aromatic carbocycles. The maximum absolute atomic E-state index is 12.1. The van der Waals surface area contributed by atoms with E-state index in [-0.39, 0.29) is 5.78 Å². The molecule has 0 spiro atoms. The predicted octanol–water partition coefficient (Wildman–Crippen LogP) is 2.49. The first-order chi connectivity index (χ1) is 14.8. The van der Waals surface area contributed by atoms with Crippen LogP contribution in [0.25, 0.3) is 0 Å². The van der Waals surface area contributed by atoms with E-state index in [1.807, 2.05) is 0 Å². The van der Waals surface area contributed by atoms with Crippen molar-refractivity contribution >= 4 is 11.7 Å². The zero-order valence-electron chi connectivity index (χ0n) is 17.1. The van der Waals surface area contributed by atoms with Gasteiger partial charge in [-0.2, -0.15) is 0 Å². The van der Waals surface area contributed by atoms with Crippen molar-refractivity contribution in [2.45, 2.75) is 25.3 Å². The Morgan fingerprint density at radius 3 is 2.13 bits per heavy atom. The first-order valence-electron chi connectivity index (χ1n) is 10.9. The maximum atomic E-state index is 12.1. The minimum atomic E-state index is 0.186. The second-order valence-electron chi connectivity index (χ2n) is 8.21. The molecule has 0 unspecified atom stereocenters. The Bertz CT molecular complexity index is 974. The quantitative estimate of drug-likeness (QED) is 0.732. The van der Waals surface area contributed by atoms with Crippen LogP contribution in [0.1, 0.15) is 46.1 Å². The molecule has 2 aliphatic rings. The van der Waals surface area contributed by atoms with E-state index in [1.54, 1.807) is 11.1 Å². The Morgan fingerprint density at radius 2 is 1.50 bits per heavy atom. The number of piperazine rings is 1. The summed E-state index contributed by atoms with van der Waals surface area (Å²) in [5.41, 5.74) is 4.37. The first-order valence-corrected chi connectivity index (χ1v) is 10.9. The number of carbonyl (C=O) groups excluding carboxylic acids is 1. The van der Waals surface area contributed by atoms with Crippen LogP contribution in [-0.2, 0) is 6.42 Å². The monoisotopic (exact) mass is 399 g/mol. The van der Waals surface area contributed by atoms with Crippen LogP contribution in [0.4, 0.5) is 5.95 Å². The Labute approximate surface area is 177 Å². The van der Waals surface area contributed by atoms with Crippen LogP contribution in [0, 0.1) is 0 Å². The highest BCUT2D eigenvalue weighted by Crippen LogP contribution is 2.22. The van der Waals surface area contributed by atoms with E-state index in [1.165, 1.54) is 11.1 Å². The van der Waals surface area contributed by atoms with Crippen LogP contribution in [0.3, 0.4) is 0 Å². The Balaban J connectivity index is 1.35. The zero-order chi connectivity index (χ0) is 20.3. The van der Waals surface area contributed by atoms with Gasteiger partial charge in [-0.3, -0.25) is 4.79 Å². The molecule has 30 heavy (non-hydrogen) atoms. The Morgan fingerprint density at radius 1 is 0.867 bits per heavy atom. The third-order valence-corrected chi connectivity index (χ3v) is 6.34. The molecule has 0 bridgehead atoms. The van der Waals surface area contributed by atoms with Crippen molar-refractivity contribution in [3.05, 3.63) is 89.2 Å². The number of aromatic nitrogens is 2. The molecule has 5 heteroatoms. The summed E-state index contributed by atoms with van der Waals surface area (Å²) in [5, 5.41) is 0. The molecular formula is C25H27N4O+. The molecule has 0 amide bonds. The fraction of sp³-hybridized carbons (Fsp3) is 0.320. The average Bonchev–Trinajstić information content (AvgIpc) is 2.81. The second-order valence-corrected chi connectivity index (χ2v) is 8.21. The Kier molecular flexibility index (Phi) is 5.28. The average molecular weight is 400 g/mol. The van der Waals surface area contributed by atoms with E-state index < -0.39 is 0 Å². The lowest BCUT2D eigenvalue weighted by molar-refractivity contribution is -0.926. The van der Waals surface area contributed by atoms with Gasteiger partial charge in [0.25, 0.3) is 0 Å². The van der Waals surface area contributed by atoms with Crippen LogP contribution in [0.15, 0.2) is 66.9 Å². The first kappa shape index (κ1) is 18.9. The molecule has 5 rings (SSSR count). The number of ketones is 1. The number of carbonyl (C=O) groups is 1. The Hall–Kier alpha value is -3.05. The van der Waals surface area contributed by atoms with Crippen molar-refractivity contribution in [2.24, 2.45) is 0 Å². The van der Waals surface area contributed by atoms with Gasteiger partial charge < -0.3 is 9.80 Å². The zero-order valence-corrected chi connectivity index (χ0v) is 17.1. The van der Waals surface area contributed by atoms with Crippen LogP contribution in [0.5, 0.6) is 0 Å². The summed E-state index contributed by atoms with van der Waals surface area (Å²) in [6.45, 7) is 3.87. The largest absolute Gasteiger partial charge is 0.330 e. The number of anilines is 1. The van der Waals surface area contributed by atoms with E-state index in [0.717, 1.165) is 56.2 Å². The SMILES string of the molecule is O=C1CCCc2nc(N3CC[NH+](C(c4ccccc4)c4ccccc4)CC3)ncc21. The number of nitrogens with zero attached hydrogens (tertiary/aromatic N) is 3. The predicted molar refractivity (Wildman–Crippen MR) is 117 cm³/mol. The summed E-state index contributed by atoms with van der Waals surface area (Å²) in [6, 6.07) is 22.0. The van der Waals surface area contributed by atoms with Crippen molar-refractivity contribution < 1.29 is 9.69 Å². The second kappa shape index (κ2) is 8.36. The maximum Gasteiger partial charge on any atom is 0.225 e. The highest BCUT2D eigenvalue weighted by atomic mass is 16.1. The third-order valence-electron chi connectivity index (χ3n) is 6.34. The molecule has 0 saturated carbocycles. The molecule has 1 fully saturated rings. The molecule has 152 valence electrons. The van der Waals surface area contributed by atoms with Gasteiger partial charge in [-0.05, 0) is 12.8 Å². The van der Waals surface area contributed by atoms with Crippen molar-refractivity contribution in [3.63, 3.8) is 0 Å². The molecule has 3 aromatic rings.